The molecule has 0 radical (unpaired) electrons. The summed E-state index contributed by atoms with van der Waals surface area (Å²) in [4.78, 5) is 15.3. The maximum atomic E-state index is 13.1. The highest BCUT2D eigenvalue weighted by molar-refractivity contribution is 5.87. The third kappa shape index (κ3) is 6.37. The largest absolute Gasteiger partial charge is 0.573 e. The predicted molar refractivity (Wildman–Crippen MR) is 143 cm³/mol. The van der Waals surface area contributed by atoms with Crippen molar-refractivity contribution in [3.8, 4) is 11.4 Å². The van der Waals surface area contributed by atoms with Crippen LogP contribution in [0.25, 0.3) is 11.3 Å². The molecule has 3 heterocycles. The number of amides is 1. The Morgan fingerprint density at radius 2 is 1.88 bits per heavy atom. The number of aryl methyl sites for hydroxylation is 2. The van der Waals surface area contributed by atoms with E-state index in [4.69, 9.17) is 4.74 Å². The van der Waals surface area contributed by atoms with Crippen LogP contribution in [0, 0.1) is 6.92 Å². The Hall–Kier alpha value is -3.70. The van der Waals surface area contributed by atoms with Crippen molar-refractivity contribution in [3.05, 3.63) is 76.9 Å². The Labute approximate surface area is 230 Å². The zero-order chi connectivity index (χ0) is 28.3. The van der Waals surface area contributed by atoms with Crippen LogP contribution in [0.1, 0.15) is 47.6 Å². The number of allylic oxidation sites excluding steroid dienone is 1. The van der Waals surface area contributed by atoms with Crippen LogP contribution in [0.4, 0.5) is 13.2 Å². The number of benzene rings is 2. The number of morpholine rings is 1. The highest BCUT2D eigenvalue weighted by Crippen LogP contribution is 2.40. The summed E-state index contributed by atoms with van der Waals surface area (Å²) in [6.45, 7) is 8.11. The molecule has 0 unspecified atom stereocenters. The van der Waals surface area contributed by atoms with E-state index in [1.54, 1.807) is 13.0 Å². The average Bonchev–Trinajstić information content (AvgIpc) is 3.25. The van der Waals surface area contributed by atoms with Crippen LogP contribution in [0.2, 0.25) is 0 Å². The molecule has 11 heteroatoms. The molecule has 1 N–H and O–H groups in total. The summed E-state index contributed by atoms with van der Waals surface area (Å²) in [7, 11) is 0. The van der Waals surface area contributed by atoms with Crippen molar-refractivity contribution in [1.29, 1.82) is 0 Å². The quantitative estimate of drug-likeness (QED) is 0.444. The number of nitrogens with one attached hydrogen (secondary N) is 1. The summed E-state index contributed by atoms with van der Waals surface area (Å²) in [6, 6.07) is 12.1. The lowest BCUT2D eigenvalue weighted by Crippen LogP contribution is -2.41. The van der Waals surface area contributed by atoms with Crippen molar-refractivity contribution in [2.24, 2.45) is 0 Å². The van der Waals surface area contributed by atoms with Gasteiger partial charge in [0.15, 0.2) is 0 Å². The van der Waals surface area contributed by atoms with Gasteiger partial charge in [-0.15, -0.1) is 23.4 Å². The second-order valence-electron chi connectivity index (χ2n) is 9.91. The highest BCUT2D eigenvalue weighted by Gasteiger charge is 2.33. The van der Waals surface area contributed by atoms with Crippen LogP contribution in [-0.2, 0) is 16.0 Å². The molecule has 1 fully saturated rings. The van der Waals surface area contributed by atoms with Crippen LogP contribution >= 0.6 is 0 Å². The van der Waals surface area contributed by atoms with Gasteiger partial charge < -0.3 is 14.8 Å². The second-order valence-corrected chi connectivity index (χ2v) is 9.91. The van der Waals surface area contributed by atoms with E-state index in [0.717, 1.165) is 37.2 Å². The lowest BCUT2D eigenvalue weighted by Gasteiger charge is -2.26. The molecule has 0 aliphatic carbocycles. The molecule has 2 aromatic carbocycles. The van der Waals surface area contributed by atoms with Gasteiger partial charge in [-0.25, -0.2) is 0 Å². The van der Waals surface area contributed by atoms with Crippen LogP contribution in [0.5, 0.6) is 5.75 Å². The number of ether oxygens (including phenoxy) is 2. The molecule has 2 aliphatic heterocycles. The predicted octanol–water partition coefficient (Wildman–Crippen LogP) is 4.40. The summed E-state index contributed by atoms with van der Waals surface area (Å²) < 4.78 is 50.8. The fraction of sp³-hybridized carbons (Fsp3) is 0.414. The van der Waals surface area contributed by atoms with E-state index < -0.39 is 12.3 Å². The van der Waals surface area contributed by atoms with E-state index in [2.05, 4.69) is 32.1 Å². The maximum absolute atomic E-state index is 13.1. The number of carbonyl (C=O) groups is 1. The van der Waals surface area contributed by atoms with Gasteiger partial charge in [0.1, 0.15) is 17.4 Å². The monoisotopic (exact) mass is 555 g/mol. The summed E-state index contributed by atoms with van der Waals surface area (Å²) in [5, 5.41) is 11.6. The SMILES string of the molecule is CCc1ccc(C2=C[C@@H](CC(=O)NCCN3CCOCC3)c3nnc(C)n3-c3ccc(OC(F)(F)F)cc32)cc1. The summed E-state index contributed by atoms with van der Waals surface area (Å²) in [5.74, 6) is 0.175. The summed E-state index contributed by atoms with van der Waals surface area (Å²) in [6.07, 6.45) is -1.96. The number of nitrogens with zero attached hydrogens (tertiary/aromatic N) is 4. The van der Waals surface area contributed by atoms with Gasteiger partial charge in [0.05, 0.1) is 18.9 Å². The number of hydrogen-bond donors (Lipinski definition) is 1. The molecule has 212 valence electrons. The molecule has 1 atom stereocenters. The summed E-state index contributed by atoms with van der Waals surface area (Å²) >= 11 is 0. The number of fused-ring (bicyclic) bond motifs is 3. The fourth-order valence-electron chi connectivity index (χ4n) is 5.18. The van der Waals surface area contributed by atoms with Crippen LogP contribution in [-0.4, -0.2) is 71.3 Å². The van der Waals surface area contributed by atoms with Gasteiger partial charge >= 0.3 is 6.36 Å². The van der Waals surface area contributed by atoms with E-state index in [-0.39, 0.29) is 18.1 Å². The summed E-state index contributed by atoms with van der Waals surface area (Å²) in [5.41, 5.74) is 3.80. The number of halogens is 3. The fourth-order valence-corrected chi connectivity index (χ4v) is 5.18. The Kier molecular flexibility index (Phi) is 8.22. The van der Waals surface area contributed by atoms with Crippen molar-refractivity contribution in [3.63, 3.8) is 0 Å². The standard InChI is InChI=1S/C29H32F3N5O3/c1-3-20-4-6-21(7-5-20)24-16-22(17-27(38)33-10-11-36-12-14-39-15-13-36)28-35-34-19(2)37(28)26-9-8-23(18-25(24)26)40-29(30,31)32/h4-9,16,18,22H,3,10-15,17H2,1-2H3,(H,33,38)/t22-/m0/s1. The van der Waals surface area contributed by atoms with E-state index in [1.165, 1.54) is 12.1 Å². The average molecular weight is 556 g/mol. The molecule has 1 saturated heterocycles. The van der Waals surface area contributed by atoms with Gasteiger partial charge in [-0.3, -0.25) is 14.3 Å². The third-order valence-electron chi connectivity index (χ3n) is 7.21. The Bertz CT molecular complexity index is 1380. The van der Waals surface area contributed by atoms with Gasteiger partial charge in [-0.2, -0.15) is 0 Å². The van der Waals surface area contributed by atoms with Crippen molar-refractivity contribution in [2.45, 2.75) is 39.0 Å². The lowest BCUT2D eigenvalue weighted by molar-refractivity contribution is -0.274. The molecule has 2 aliphatic rings. The molecule has 1 amide bonds. The first-order valence-electron chi connectivity index (χ1n) is 13.4. The van der Waals surface area contributed by atoms with Crippen LogP contribution in [0.15, 0.2) is 48.5 Å². The smallest absolute Gasteiger partial charge is 0.406 e. The number of alkyl halides is 3. The Balaban J connectivity index is 1.50. The molecule has 0 bridgehead atoms. The lowest BCUT2D eigenvalue weighted by atomic mass is 9.91. The maximum Gasteiger partial charge on any atom is 0.573 e. The van der Waals surface area contributed by atoms with E-state index in [1.807, 2.05) is 34.9 Å². The van der Waals surface area contributed by atoms with E-state index >= 15 is 0 Å². The van der Waals surface area contributed by atoms with E-state index in [0.29, 0.717) is 48.2 Å². The molecular weight excluding hydrogens is 523 g/mol. The van der Waals surface area contributed by atoms with Crippen LogP contribution < -0.4 is 10.1 Å². The van der Waals surface area contributed by atoms with E-state index in [9.17, 15) is 18.0 Å². The number of rotatable bonds is 8. The topological polar surface area (TPSA) is 81.5 Å². The number of hydrogen-bond acceptors (Lipinski definition) is 6. The van der Waals surface area contributed by atoms with Gasteiger partial charge in [0, 0.05) is 44.1 Å². The minimum Gasteiger partial charge on any atom is -0.406 e. The number of carbonyl (C=O) groups excluding carboxylic acids is 1. The normalized spacial score (nSPS) is 17.4. The first kappa shape index (κ1) is 27.9. The molecule has 5 rings (SSSR count). The van der Waals surface area contributed by atoms with Gasteiger partial charge in [0.2, 0.25) is 5.91 Å². The van der Waals surface area contributed by atoms with Gasteiger partial charge in [-0.1, -0.05) is 37.3 Å². The zero-order valence-corrected chi connectivity index (χ0v) is 22.5. The van der Waals surface area contributed by atoms with Crippen molar-refractivity contribution in [1.82, 2.24) is 25.0 Å². The third-order valence-corrected chi connectivity index (χ3v) is 7.21. The molecular formula is C29H32F3N5O3. The zero-order valence-electron chi connectivity index (χ0n) is 22.5. The molecule has 8 nitrogen and oxygen atoms in total. The molecule has 0 spiro atoms. The number of aromatic nitrogens is 3. The Morgan fingerprint density at radius 3 is 2.58 bits per heavy atom. The van der Waals surface area contributed by atoms with Crippen molar-refractivity contribution < 1.29 is 27.4 Å². The van der Waals surface area contributed by atoms with Gasteiger partial charge in [-0.05, 0) is 48.2 Å². The van der Waals surface area contributed by atoms with Crippen molar-refractivity contribution >= 4 is 11.5 Å². The molecule has 3 aromatic rings. The van der Waals surface area contributed by atoms with Crippen LogP contribution in [0.3, 0.4) is 0 Å². The first-order chi connectivity index (χ1) is 19.2. The minimum absolute atomic E-state index is 0.109. The second kappa shape index (κ2) is 11.8. The minimum atomic E-state index is -4.83. The van der Waals surface area contributed by atoms with Crippen molar-refractivity contribution in [2.75, 3.05) is 39.4 Å². The molecule has 1 aromatic heterocycles. The Morgan fingerprint density at radius 1 is 1.12 bits per heavy atom. The molecule has 0 saturated carbocycles. The first-order valence-corrected chi connectivity index (χ1v) is 13.4. The van der Waals surface area contributed by atoms with Gasteiger partial charge in [0.25, 0.3) is 0 Å². The molecule has 40 heavy (non-hydrogen) atoms. The highest BCUT2D eigenvalue weighted by atomic mass is 19.4.